The molecule has 1 heterocycles. The molecular formula is C16H16Cl2O4. The van der Waals surface area contributed by atoms with E-state index in [-0.39, 0.29) is 21.4 Å². The Morgan fingerprint density at radius 3 is 2.41 bits per heavy atom. The van der Waals surface area contributed by atoms with Crippen molar-refractivity contribution in [3.8, 4) is 16.9 Å². The summed E-state index contributed by atoms with van der Waals surface area (Å²) in [5, 5.41) is 10.5. The number of carbonyl (C=O) groups excluding carboxylic acids is 1. The fourth-order valence-electron chi connectivity index (χ4n) is 1.98. The van der Waals surface area contributed by atoms with E-state index in [1.54, 1.807) is 33.8 Å². The van der Waals surface area contributed by atoms with Gasteiger partial charge in [-0.15, -0.1) is 0 Å². The Labute approximate surface area is 138 Å². The maximum atomic E-state index is 12.4. The Morgan fingerprint density at radius 1 is 1.27 bits per heavy atom. The highest BCUT2D eigenvalue weighted by molar-refractivity contribution is 6.42. The summed E-state index contributed by atoms with van der Waals surface area (Å²) < 4.78 is 10.3. The van der Waals surface area contributed by atoms with Crippen LogP contribution in [-0.2, 0) is 4.74 Å². The number of carbonyl (C=O) groups is 1. The van der Waals surface area contributed by atoms with E-state index in [0.717, 1.165) is 0 Å². The molecule has 0 saturated heterocycles. The third kappa shape index (κ3) is 3.08. The van der Waals surface area contributed by atoms with E-state index in [1.807, 2.05) is 0 Å². The first-order valence-electron chi connectivity index (χ1n) is 6.60. The molecule has 0 aliphatic heterocycles. The molecule has 4 nitrogen and oxygen atoms in total. The van der Waals surface area contributed by atoms with Crippen LogP contribution in [0.25, 0.3) is 11.1 Å². The molecule has 22 heavy (non-hydrogen) atoms. The third-order valence-corrected chi connectivity index (χ3v) is 3.84. The molecule has 6 heteroatoms. The minimum Gasteiger partial charge on any atom is -0.507 e. The van der Waals surface area contributed by atoms with Gasteiger partial charge in [-0.05, 0) is 33.8 Å². The van der Waals surface area contributed by atoms with Crippen LogP contribution in [0, 0.1) is 6.92 Å². The summed E-state index contributed by atoms with van der Waals surface area (Å²) in [6.45, 7) is 6.80. The van der Waals surface area contributed by atoms with Crippen molar-refractivity contribution in [2.24, 2.45) is 0 Å². The van der Waals surface area contributed by atoms with Crippen LogP contribution in [0.4, 0.5) is 0 Å². The number of phenols is 1. The second-order valence-electron chi connectivity index (χ2n) is 5.87. The number of aromatic hydroxyl groups is 1. The Hall–Kier alpha value is -1.65. The Bertz CT molecular complexity index is 713. The number of hydrogen-bond donors (Lipinski definition) is 1. The molecular weight excluding hydrogens is 327 g/mol. The number of phenolic OH excluding ortho intramolecular Hbond substituents is 1. The third-order valence-electron chi connectivity index (χ3n) is 2.99. The zero-order valence-corrected chi connectivity index (χ0v) is 14.2. The molecule has 1 aromatic heterocycles. The van der Waals surface area contributed by atoms with Crippen molar-refractivity contribution in [1.82, 2.24) is 0 Å². The molecule has 2 aromatic rings. The maximum absolute atomic E-state index is 12.4. The van der Waals surface area contributed by atoms with Crippen molar-refractivity contribution in [2.45, 2.75) is 33.3 Å². The summed E-state index contributed by atoms with van der Waals surface area (Å²) in [6, 6.07) is 1.67. The highest BCUT2D eigenvalue weighted by atomic mass is 35.5. The van der Waals surface area contributed by atoms with E-state index < -0.39 is 11.6 Å². The molecule has 0 saturated carbocycles. The van der Waals surface area contributed by atoms with Gasteiger partial charge in [0.25, 0.3) is 0 Å². The fourth-order valence-corrected chi connectivity index (χ4v) is 2.69. The minimum absolute atomic E-state index is 0.0313. The summed E-state index contributed by atoms with van der Waals surface area (Å²) >= 11 is 12.6. The molecule has 0 aliphatic carbocycles. The summed E-state index contributed by atoms with van der Waals surface area (Å²) in [7, 11) is 0. The number of benzene rings is 1. The molecule has 1 N–H and O–H groups in total. The number of ether oxygens (including phenoxy) is 1. The van der Waals surface area contributed by atoms with Crippen LogP contribution in [0.3, 0.4) is 0 Å². The van der Waals surface area contributed by atoms with E-state index >= 15 is 0 Å². The van der Waals surface area contributed by atoms with Gasteiger partial charge in [0.2, 0.25) is 0 Å². The lowest BCUT2D eigenvalue weighted by atomic mass is 10.00. The number of furan rings is 1. The van der Waals surface area contributed by atoms with E-state index in [2.05, 4.69) is 0 Å². The topological polar surface area (TPSA) is 59.7 Å². The van der Waals surface area contributed by atoms with Crippen molar-refractivity contribution >= 4 is 29.2 Å². The second kappa shape index (κ2) is 5.86. The van der Waals surface area contributed by atoms with Gasteiger partial charge in [0.1, 0.15) is 16.9 Å². The lowest BCUT2D eigenvalue weighted by Crippen LogP contribution is -2.24. The molecule has 0 atom stereocenters. The van der Waals surface area contributed by atoms with Crippen molar-refractivity contribution in [1.29, 1.82) is 0 Å². The molecule has 0 radical (unpaired) electrons. The van der Waals surface area contributed by atoms with Crippen LogP contribution in [0.15, 0.2) is 23.0 Å². The molecule has 0 aliphatic rings. The lowest BCUT2D eigenvalue weighted by Gasteiger charge is -2.22. The van der Waals surface area contributed by atoms with Crippen LogP contribution < -0.4 is 0 Å². The van der Waals surface area contributed by atoms with Crippen LogP contribution in [0.1, 0.15) is 36.7 Å². The highest BCUT2D eigenvalue weighted by Gasteiger charge is 2.29. The smallest absolute Gasteiger partial charge is 0.344 e. The van der Waals surface area contributed by atoms with Gasteiger partial charge >= 0.3 is 5.97 Å². The quantitative estimate of drug-likeness (QED) is 0.759. The van der Waals surface area contributed by atoms with E-state index in [4.69, 9.17) is 32.4 Å². The SMILES string of the molecule is Cc1c(O)c(C(=O)OC(C)(C)C)c(Cl)c(-c2ccoc2)c1Cl. The first kappa shape index (κ1) is 16.7. The molecule has 1 aromatic carbocycles. The zero-order valence-electron chi connectivity index (χ0n) is 12.7. The summed E-state index contributed by atoms with van der Waals surface area (Å²) in [5.74, 6) is -0.990. The summed E-state index contributed by atoms with van der Waals surface area (Å²) in [4.78, 5) is 12.4. The number of halogens is 2. The Balaban J connectivity index is 2.68. The van der Waals surface area contributed by atoms with Crippen LogP contribution in [0.5, 0.6) is 5.75 Å². The average molecular weight is 343 g/mol. The monoisotopic (exact) mass is 342 g/mol. The molecule has 0 bridgehead atoms. The van der Waals surface area contributed by atoms with Crippen molar-refractivity contribution in [3.63, 3.8) is 0 Å². The molecule has 0 fully saturated rings. The van der Waals surface area contributed by atoms with Gasteiger partial charge in [0, 0.05) is 16.7 Å². The van der Waals surface area contributed by atoms with Gasteiger partial charge < -0.3 is 14.3 Å². The van der Waals surface area contributed by atoms with Crippen LogP contribution in [-0.4, -0.2) is 16.7 Å². The number of esters is 1. The van der Waals surface area contributed by atoms with Crippen molar-refractivity contribution in [2.75, 3.05) is 0 Å². The van der Waals surface area contributed by atoms with Gasteiger partial charge in [-0.1, -0.05) is 23.2 Å². The maximum Gasteiger partial charge on any atom is 0.344 e. The van der Waals surface area contributed by atoms with Crippen LogP contribution >= 0.6 is 23.2 Å². The average Bonchev–Trinajstić information content (AvgIpc) is 2.88. The number of rotatable bonds is 2. The predicted octanol–water partition coefficient (Wildman–Crippen LogP) is 5.22. The van der Waals surface area contributed by atoms with Gasteiger partial charge in [-0.2, -0.15) is 0 Å². The largest absolute Gasteiger partial charge is 0.507 e. The zero-order chi connectivity index (χ0) is 16.7. The van der Waals surface area contributed by atoms with E-state index in [0.29, 0.717) is 16.7 Å². The highest BCUT2D eigenvalue weighted by Crippen LogP contribution is 2.45. The Kier molecular flexibility index (Phi) is 4.45. The molecule has 0 unspecified atom stereocenters. The van der Waals surface area contributed by atoms with Gasteiger partial charge in [-0.25, -0.2) is 4.79 Å². The van der Waals surface area contributed by atoms with Gasteiger partial charge in [0.15, 0.2) is 0 Å². The van der Waals surface area contributed by atoms with Crippen molar-refractivity contribution < 1.29 is 19.1 Å². The van der Waals surface area contributed by atoms with E-state index in [9.17, 15) is 9.90 Å². The predicted molar refractivity (Wildman–Crippen MR) is 85.7 cm³/mol. The number of hydrogen-bond acceptors (Lipinski definition) is 4. The van der Waals surface area contributed by atoms with Gasteiger partial charge in [0.05, 0.1) is 22.6 Å². The molecule has 0 spiro atoms. The Morgan fingerprint density at radius 2 is 1.91 bits per heavy atom. The molecule has 0 amide bonds. The fraction of sp³-hybridized carbons (Fsp3) is 0.312. The molecule has 2 rings (SSSR count). The van der Waals surface area contributed by atoms with E-state index in [1.165, 1.54) is 12.5 Å². The summed E-state index contributed by atoms with van der Waals surface area (Å²) in [6.07, 6.45) is 2.93. The van der Waals surface area contributed by atoms with Gasteiger partial charge in [-0.3, -0.25) is 0 Å². The first-order valence-corrected chi connectivity index (χ1v) is 7.35. The normalized spacial score (nSPS) is 11.5. The van der Waals surface area contributed by atoms with Crippen molar-refractivity contribution in [3.05, 3.63) is 39.8 Å². The lowest BCUT2D eigenvalue weighted by molar-refractivity contribution is 0.00669. The standard InChI is InChI=1S/C16H16Cl2O4/c1-8-12(17)10(9-5-6-21-7-9)13(18)11(14(8)19)15(20)22-16(2,3)4/h5-7,19H,1-4H3. The second-order valence-corrected chi connectivity index (χ2v) is 6.62. The molecule has 118 valence electrons. The summed E-state index contributed by atoms with van der Waals surface area (Å²) in [5.41, 5.74) is 0.574. The first-order chi connectivity index (χ1) is 10.1. The van der Waals surface area contributed by atoms with Crippen LogP contribution in [0.2, 0.25) is 10.0 Å². The minimum atomic E-state index is -0.712.